The fourth-order valence-electron chi connectivity index (χ4n) is 3.93. The third-order valence-electron chi connectivity index (χ3n) is 5.18. The summed E-state index contributed by atoms with van der Waals surface area (Å²) >= 11 is 0. The molecule has 0 unspecified atom stereocenters. The molecule has 1 saturated carbocycles. The number of nitrogens with one attached hydrogen (secondary N) is 1. The monoisotopic (exact) mass is 302 g/mol. The predicted octanol–water partition coefficient (Wildman–Crippen LogP) is 2.40. The number of aromatic nitrogens is 2. The third kappa shape index (κ3) is 3.46. The van der Waals surface area contributed by atoms with Crippen LogP contribution in [-0.4, -0.2) is 45.9 Å². The molecule has 2 heterocycles. The Hall–Kier alpha value is -1.49. The molecule has 22 heavy (non-hydrogen) atoms. The highest BCUT2D eigenvalue weighted by Gasteiger charge is 2.38. The Morgan fingerprint density at radius 1 is 1.09 bits per heavy atom. The van der Waals surface area contributed by atoms with Crippen molar-refractivity contribution in [2.24, 2.45) is 0 Å². The number of hydrogen-bond acceptors (Lipinski definition) is 4. The lowest BCUT2D eigenvalue weighted by molar-refractivity contribution is 0.0326. The average Bonchev–Trinajstić information content (AvgIpc) is 2.62. The Labute approximate surface area is 132 Å². The van der Waals surface area contributed by atoms with Crippen LogP contribution in [0.15, 0.2) is 18.6 Å². The molecule has 0 bridgehead atoms. The summed E-state index contributed by atoms with van der Waals surface area (Å²) < 4.78 is 0. The Bertz CT molecular complexity index is 479. The molecule has 2 aliphatic rings. The van der Waals surface area contributed by atoms with Gasteiger partial charge in [0.1, 0.15) is 5.69 Å². The summed E-state index contributed by atoms with van der Waals surface area (Å²) in [5, 5.41) is 3.12. The Morgan fingerprint density at radius 2 is 1.82 bits per heavy atom. The maximum atomic E-state index is 12.3. The molecule has 1 aromatic heterocycles. The molecule has 1 aliphatic carbocycles. The molecule has 1 saturated heterocycles. The van der Waals surface area contributed by atoms with Gasteiger partial charge in [-0.3, -0.25) is 14.7 Å². The van der Waals surface area contributed by atoms with Gasteiger partial charge in [0.15, 0.2) is 0 Å². The summed E-state index contributed by atoms with van der Waals surface area (Å²) in [4.78, 5) is 23.0. The average molecular weight is 302 g/mol. The number of hydrogen-bond donors (Lipinski definition) is 1. The second kappa shape index (κ2) is 7.18. The Kier molecular flexibility index (Phi) is 5.03. The van der Waals surface area contributed by atoms with E-state index < -0.39 is 0 Å². The molecule has 1 amide bonds. The summed E-state index contributed by atoms with van der Waals surface area (Å²) in [6.07, 6.45) is 14.9. The summed E-state index contributed by atoms with van der Waals surface area (Å²) in [5.74, 6) is -0.102. The minimum Gasteiger partial charge on any atom is -0.349 e. The second-order valence-corrected chi connectivity index (χ2v) is 6.61. The van der Waals surface area contributed by atoms with Crippen LogP contribution < -0.4 is 5.32 Å². The maximum absolute atomic E-state index is 12.3. The summed E-state index contributed by atoms with van der Waals surface area (Å²) in [5.41, 5.74) is 0.573. The van der Waals surface area contributed by atoms with Crippen molar-refractivity contribution in [2.45, 2.75) is 56.9 Å². The van der Waals surface area contributed by atoms with Gasteiger partial charge >= 0.3 is 0 Å². The van der Waals surface area contributed by atoms with E-state index in [2.05, 4.69) is 20.2 Å². The number of carbonyl (C=O) groups is 1. The molecule has 0 aromatic carbocycles. The molecule has 0 atom stereocenters. The molecular weight excluding hydrogens is 276 g/mol. The highest BCUT2D eigenvalue weighted by Crippen LogP contribution is 2.35. The molecule has 120 valence electrons. The number of piperidine rings is 1. The molecule has 5 heteroatoms. The molecule has 0 spiro atoms. The smallest absolute Gasteiger partial charge is 0.271 e. The quantitative estimate of drug-likeness (QED) is 0.928. The standard InChI is InChI=1S/C17H26N4O/c22-16(15-13-18-9-10-19-15)20-14-17(7-3-1-4-8-17)21-11-5-2-6-12-21/h9-10,13H,1-8,11-12,14H2,(H,20,22). The zero-order valence-corrected chi connectivity index (χ0v) is 13.3. The fraction of sp³-hybridized carbons (Fsp3) is 0.706. The number of carbonyl (C=O) groups excluding carboxylic acids is 1. The highest BCUT2D eigenvalue weighted by molar-refractivity contribution is 5.91. The van der Waals surface area contributed by atoms with Gasteiger partial charge in [0.25, 0.3) is 5.91 Å². The molecular formula is C17H26N4O. The van der Waals surface area contributed by atoms with E-state index in [4.69, 9.17) is 0 Å². The van der Waals surface area contributed by atoms with Crippen LogP contribution in [0.1, 0.15) is 61.9 Å². The first-order valence-electron chi connectivity index (χ1n) is 8.59. The molecule has 0 radical (unpaired) electrons. The molecule has 3 rings (SSSR count). The van der Waals surface area contributed by atoms with E-state index in [1.165, 1.54) is 70.7 Å². The number of amides is 1. The Morgan fingerprint density at radius 3 is 2.50 bits per heavy atom. The van der Waals surface area contributed by atoms with E-state index >= 15 is 0 Å². The van der Waals surface area contributed by atoms with E-state index in [1.54, 1.807) is 12.4 Å². The molecule has 2 fully saturated rings. The minimum atomic E-state index is -0.102. The van der Waals surface area contributed by atoms with Gasteiger partial charge in [-0.15, -0.1) is 0 Å². The van der Waals surface area contributed by atoms with Crippen LogP contribution in [0, 0.1) is 0 Å². The molecule has 5 nitrogen and oxygen atoms in total. The van der Waals surface area contributed by atoms with E-state index in [0.29, 0.717) is 5.69 Å². The fourth-order valence-corrected chi connectivity index (χ4v) is 3.93. The van der Waals surface area contributed by atoms with Crippen LogP contribution >= 0.6 is 0 Å². The topological polar surface area (TPSA) is 58.1 Å². The SMILES string of the molecule is O=C(NCC1(N2CCCCC2)CCCCC1)c1cnccn1. The van der Waals surface area contributed by atoms with Crippen molar-refractivity contribution in [3.05, 3.63) is 24.3 Å². The van der Waals surface area contributed by atoms with Crippen LogP contribution in [-0.2, 0) is 0 Å². The molecule has 1 aromatic rings. The lowest BCUT2D eigenvalue weighted by Gasteiger charge is -2.48. The van der Waals surface area contributed by atoms with Crippen molar-refractivity contribution in [1.82, 2.24) is 20.2 Å². The summed E-state index contributed by atoms with van der Waals surface area (Å²) in [7, 11) is 0. The molecule has 1 N–H and O–H groups in total. The minimum absolute atomic E-state index is 0.102. The van der Waals surface area contributed by atoms with E-state index in [1.807, 2.05) is 0 Å². The van der Waals surface area contributed by atoms with Crippen molar-refractivity contribution in [2.75, 3.05) is 19.6 Å². The van der Waals surface area contributed by atoms with E-state index in [0.717, 1.165) is 6.54 Å². The zero-order valence-electron chi connectivity index (χ0n) is 13.3. The predicted molar refractivity (Wildman–Crippen MR) is 85.6 cm³/mol. The first-order valence-corrected chi connectivity index (χ1v) is 8.59. The van der Waals surface area contributed by atoms with Gasteiger partial charge in [0.2, 0.25) is 0 Å². The van der Waals surface area contributed by atoms with Crippen LogP contribution in [0.5, 0.6) is 0 Å². The molecule has 1 aliphatic heterocycles. The largest absolute Gasteiger partial charge is 0.349 e. The lowest BCUT2D eigenvalue weighted by atomic mass is 9.79. The van der Waals surface area contributed by atoms with Crippen LogP contribution in [0.4, 0.5) is 0 Å². The van der Waals surface area contributed by atoms with E-state index in [9.17, 15) is 4.79 Å². The van der Waals surface area contributed by atoms with Gasteiger partial charge < -0.3 is 5.32 Å². The summed E-state index contributed by atoms with van der Waals surface area (Å²) in [6.45, 7) is 3.10. The number of likely N-dealkylation sites (tertiary alicyclic amines) is 1. The third-order valence-corrected chi connectivity index (χ3v) is 5.18. The van der Waals surface area contributed by atoms with Crippen LogP contribution in [0.25, 0.3) is 0 Å². The van der Waals surface area contributed by atoms with Crippen LogP contribution in [0.2, 0.25) is 0 Å². The first-order chi connectivity index (χ1) is 10.8. The van der Waals surface area contributed by atoms with Gasteiger partial charge in [0.05, 0.1) is 6.20 Å². The van der Waals surface area contributed by atoms with Gasteiger partial charge in [-0.1, -0.05) is 25.7 Å². The maximum Gasteiger partial charge on any atom is 0.271 e. The zero-order chi connectivity index (χ0) is 15.3. The van der Waals surface area contributed by atoms with Crippen molar-refractivity contribution < 1.29 is 4.79 Å². The lowest BCUT2D eigenvalue weighted by Crippen LogP contribution is -2.58. The first kappa shape index (κ1) is 15.4. The van der Waals surface area contributed by atoms with Crippen molar-refractivity contribution >= 4 is 5.91 Å². The summed E-state index contributed by atoms with van der Waals surface area (Å²) in [6, 6.07) is 0. The Balaban J connectivity index is 1.66. The normalized spacial score (nSPS) is 22.2. The number of rotatable bonds is 4. The second-order valence-electron chi connectivity index (χ2n) is 6.61. The van der Waals surface area contributed by atoms with Crippen molar-refractivity contribution in [3.63, 3.8) is 0 Å². The van der Waals surface area contributed by atoms with Crippen molar-refractivity contribution in [3.8, 4) is 0 Å². The number of nitrogens with zero attached hydrogens (tertiary/aromatic N) is 3. The van der Waals surface area contributed by atoms with Crippen LogP contribution in [0.3, 0.4) is 0 Å². The van der Waals surface area contributed by atoms with Gasteiger partial charge in [0, 0.05) is 24.5 Å². The highest BCUT2D eigenvalue weighted by atomic mass is 16.1. The van der Waals surface area contributed by atoms with Gasteiger partial charge in [-0.05, 0) is 38.8 Å². The van der Waals surface area contributed by atoms with Crippen molar-refractivity contribution in [1.29, 1.82) is 0 Å². The van der Waals surface area contributed by atoms with E-state index in [-0.39, 0.29) is 11.4 Å². The van der Waals surface area contributed by atoms with Gasteiger partial charge in [-0.2, -0.15) is 0 Å². The van der Waals surface area contributed by atoms with Gasteiger partial charge in [-0.25, -0.2) is 4.98 Å².